The second kappa shape index (κ2) is 9.70. The molecule has 0 fully saturated rings. The van der Waals surface area contributed by atoms with Crippen molar-refractivity contribution in [3.63, 3.8) is 0 Å². The maximum absolute atomic E-state index is 14.0. The van der Waals surface area contributed by atoms with E-state index in [1.54, 1.807) is 19.9 Å². The van der Waals surface area contributed by atoms with Crippen LogP contribution >= 0.6 is 0 Å². The summed E-state index contributed by atoms with van der Waals surface area (Å²) in [6.07, 6.45) is 1.44. The van der Waals surface area contributed by atoms with Crippen LogP contribution in [0.1, 0.15) is 24.2 Å². The van der Waals surface area contributed by atoms with Crippen molar-refractivity contribution >= 4 is 29.5 Å². The molecule has 10 heteroatoms. The minimum absolute atomic E-state index is 0.0531. The summed E-state index contributed by atoms with van der Waals surface area (Å²) >= 11 is 0. The van der Waals surface area contributed by atoms with Gasteiger partial charge in [-0.25, -0.2) is 23.8 Å². The highest BCUT2D eigenvalue weighted by Crippen LogP contribution is 2.22. The highest BCUT2D eigenvalue weighted by atomic mass is 19.1. The van der Waals surface area contributed by atoms with Crippen LogP contribution in [0.3, 0.4) is 0 Å². The maximum Gasteiger partial charge on any atom is 0.342 e. The molecule has 9 nitrogen and oxygen atoms in total. The van der Waals surface area contributed by atoms with Gasteiger partial charge in [0.15, 0.2) is 0 Å². The monoisotopic (exact) mass is 428 g/mol. The molecule has 2 amide bonds. The molecule has 0 bridgehead atoms. The number of anilines is 2. The molecule has 0 unspecified atom stereocenters. The minimum Gasteiger partial charge on any atom is -0.463 e. The Morgan fingerprint density at radius 2 is 1.94 bits per heavy atom. The number of ether oxygens (including phenoxy) is 2. The summed E-state index contributed by atoms with van der Waals surface area (Å²) in [5.74, 6) is -1.82. The van der Waals surface area contributed by atoms with Gasteiger partial charge in [-0.05, 0) is 38.1 Å². The van der Waals surface area contributed by atoms with Crippen molar-refractivity contribution < 1.29 is 28.2 Å². The predicted molar refractivity (Wildman–Crippen MR) is 109 cm³/mol. The minimum atomic E-state index is -0.775. The molecule has 0 saturated carbocycles. The molecular weight excluding hydrogens is 407 g/mol. The zero-order valence-electron chi connectivity index (χ0n) is 16.9. The molecule has 0 aliphatic carbocycles. The Morgan fingerprint density at radius 3 is 2.68 bits per heavy atom. The Balaban J connectivity index is 1.80. The molecule has 1 aromatic heterocycles. The van der Waals surface area contributed by atoms with Gasteiger partial charge in [0.1, 0.15) is 23.8 Å². The van der Waals surface area contributed by atoms with Crippen LogP contribution in [0.2, 0.25) is 0 Å². The van der Waals surface area contributed by atoms with E-state index in [1.807, 2.05) is 0 Å². The van der Waals surface area contributed by atoms with E-state index in [2.05, 4.69) is 20.9 Å². The number of rotatable bonds is 7. The Kier molecular flexibility index (Phi) is 6.81. The first-order chi connectivity index (χ1) is 14.9. The molecule has 0 spiro atoms. The van der Waals surface area contributed by atoms with Crippen LogP contribution in [0.25, 0.3) is 0 Å². The smallest absolute Gasteiger partial charge is 0.342 e. The van der Waals surface area contributed by atoms with Crippen LogP contribution in [-0.4, -0.2) is 42.2 Å². The van der Waals surface area contributed by atoms with E-state index < -0.39 is 29.8 Å². The summed E-state index contributed by atoms with van der Waals surface area (Å²) in [4.78, 5) is 40.8. The van der Waals surface area contributed by atoms with Crippen LogP contribution in [0, 0.1) is 5.82 Å². The van der Waals surface area contributed by atoms with Gasteiger partial charge < -0.3 is 25.4 Å². The quantitative estimate of drug-likeness (QED) is 0.580. The molecular formula is C21H21FN4O5. The highest BCUT2D eigenvalue weighted by Gasteiger charge is 2.30. The average molecular weight is 428 g/mol. The molecule has 1 atom stereocenters. The number of pyridine rings is 1. The van der Waals surface area contributed by atoms with Gasteiger partial charge in [0.05, 0.1) is 29.6 Å². The second-order valence-corrected chi connectivity index (χ2v) is 6.51. The number of para-hydroxylation sites is 1. The summed E-state index contributed by atoms with van der Waals surface area (Å²) in [5, 5.41) is 7.80. The lowest BCUT2D eigenvalue weighted by atomic mass is 10.0. The van der Waals surface area contributed by atoms with Crippen molar-refractivity contribution in [1.82, 2.24) is 15.6 Å². The molecule has 162 valence electrons. The zero-order chi connectivity index (χ0) is 22.4. The van der Waals surface area contributed by atoms with E-state index in [0.29, 0.717) is 0 Å². The van der Waals surface area contributed by atoms with E-state index >= 15 is 0 Å². The first kappa shape index (κ1) is 21.8. The third-order valence-corrected chi connectivity index (χ3v) is 4.37. The maximum atomic E-state index is 14.0. The fraction of sp³-hybridized carbons (Fsp3) is 0.238. The Labute approximate surface area is 177 Å². The van der Waals surface area contributed by atoms with Gasteiger partial charge in [0.25, 0.3) is 0 Å². The number of nitrogens with one attached hydrogen (secondary N) is 3. The van der Waals surface area contributed by atoms with Gasteiger partial charge in [-0.15, -0.1) is 0 Å². The van der Waals surface area contributed by atoms with E-state index in [0.717, 1.165) is 0 Å². The molecule has 2 heterocycles. The zero-order valence-corrected chi connectivity index (χ0v) is 16.9. The number of halogens is 1. The lowest BCUT2D eigenvalue weighted by Gasteiger charge is -2.26. The molecule has 2 aromatic rings. The number of amides is 2. The highest BCUT2D eigenvalue weighted by molar-refractivity contribution is 5.96. The van der Waals surface area contributed by atoms with Crippen LogP contribution in [0.5, 0.6) is 0 Å². The standard InChI is InChI=1S/C21H21FN4O5/c1-3-30-20(28)17-12(2)24-21(29)26-16(17)11-31-19(27)13-7-6-10-23-18(13)25-15-9-5-4-8-14(15)22/h4-10,12H,3,11H2,1-2H3,(H,23,25)(H2,24,26,29)/t12-/m0/s1. The van der Waals surface area contributed by atoms with Crippen molar-refractivity contribution in [2.24, 2.45) is 0 Å². The van der Waals surface area contributed by atoms with Crippen LogP contribution in [0.15, 0.2) is 53.9 Å². The molecule has 0 radical (unpaired) electrons. The van der Waals surface area contributed by atoms with Gasteiger partial charge in [-0.2, -0.15) is 0 Å². The van der Waals surface area contributed by atoms with Crippen molar-refractivity contribution in [2.75, 3.05) is 18.5 Å². The molecule has 3 rings (SSSR count). The van der Waals surface area contributed by atoms with Crippen molar-refractivity contribution in [3.8, 4) is 0 Å². The van der Waals surface area contributed by atoms with E-state index in [1.165, 1.54) is 36.5 Å². The first-order valence-electron chi connectivity index (χ1n) is 9.52. The van der Waals surface area contributed by atoms with E-state index in [4.69, 9.17) is 9.47 Å². The Morgan fingerprint density at radius 1 is 1.16 bits per heavy atom. The number of urea groups is 1. The number of nitrogens with zero attached hydrogens (tertiary/aromatic N) is 1. The SMILES string of the molecule is CCOC(=O)C1=C(COC(=O)c2cccnc2Nc2ccccc2F)NC(=O)N[C@H]1C. The molecule has 1 aromatic carbocycles. The predicted octanol–water partition coefficient (Wildman–Crippen LogP) is 2.64. The Bertz CT molecular complexity index is 1040. The number of hydrogen-bond acceptors (Lipinski definition) is 7. The topological polar surface area (TPSA) is 119 Å². The fourth-order valence-electron chi connectivity index (χ4n) is 2.97. The second-order valence-electron chi connectivity index (χ2n) is 6.51. The van der Waals surface area contributed by atoms with Crippen molar-refractivity contribution in [3.05, 3.63) is 65.2 Å². The van der Waals surface area contributed by atoms with Crippen LogP contribution in [-0.2, 0) is 14.3 Å². The van der Waals surface area contributed by atoms with E-state index in [9.17, 15) is 18.8 Å². The number of esters is 2. The van der Waals surface area contributed by atoms with Gasteiger partial charge in [-0.3, -0.25) is 0 Å². The lowest BCUT2D eigenvalue weighted by Crippen LogP contribution is -2.50. The molecule has 1 aliphatic heterocycles. The summed E-state index contributed by atoms with van der Waals surface area (Å²) < 4.78 is 24.3. The number of benzene rings is 1. The normalized spacial score (nSPS) is 15.6. The summed E-state index contributed by atoms with van der Waals surface area (Å²) in [6, 6.07) is 7.78. The lowest BCUT2D eigenvalue weighted by molar-refractivity contribution is -0.139. The number of carbonyl (C=O) groups is 3. The molecule has 31 heavy (non-hydrogen) atoms. The van der Waals surface area contributed by atoms with Crippen molar-refractivity contribution in [2.45, 2.75) is 19.9 Å². The summed E-state index contributed by atoms with van der Waals surface area (Å²) in [6.45, 7) is 3.05. The molecule has 1 aliphatic rings. The van der Waals surface area contributed by atoms with Crippen LogP contribution < -0.4 is 16.0 Å². The number of carbonyl (C=O) groups excluding carboxylic acids is 3. The average Bonchev–Trinajstić information content (AvgIpc) is 2.73. The van der Waals surface area contributed by atoms with Gasteiger partial charge >= 0.3 is 18.0 Å². The third-order valence-electron chi connectivity index (χ3n) is 4.37. The van der Waals surface area contributed by atoms with Gasteiger partial charge in [-0.1, -0.05) is 12.1 Å². The number of aromatic nitrogens is 1. The summed E-state index contributed by atoms with van der Waals surface area (Å²) in [5.41, 5.74) is 0.472. The molecule has 0 saturated heterocycles. The number of hydrogen-bond donors (Lipinski definition) is 3. The van der Waals surface area contributed by atoms with Crippen LogP contribution in [0.4, 0.5) is 20.7 Å². The fourth-order valence-corrected chi connectivity index (χ4v) is 2.97. The largest absolute Gasteiger partial charge is 0.463 e. The third kappa shape index (κ3) is 5.16. The first-order valence-corrected chi connectivity index (χ1v) is 9.52. The molecule has 3 N–H and O–H groups in total. The van der Waals surface area contributed by atoms with Crippen molar-refractivity contribution in [1.29, 1.82) is 0 Å². The summed E-state index contributed by atoms with van der Waals surface area (Å²) in [7, 11) is 0. The van der Waals surface area contributed by atoms with Gasteiger partial charge in [0.2, 0.25) is 0 Å². The van der Waals surface area contributed by atoms with E-state index in [-0.39, 0.29) is 41.6 Å². The van der Waals surface area contributed by atoms with Gasteiger partial charge in [0, 0.05) is 6.20 Å². The Hall–Kier alpha value is -3.95.